The van der Waals surface area contributed by atoms with Crippen LogP contribution in [0.15, 0.2) is 30.3 Å². The number of hydrogen-bond acceptors (Lipinski definition) is 3. The average Bonchev–Trinajstić information content (AvgIpc) is 2.37. The van der Waals surface area contributed by atoms with Gasteiger partial charge in [-0.25, -0.2) is 0 Å². The molecule has 3 nitrogen and oxygen atoms in total. The first-order valence-corrected chi connectivity index (χ1v) is 7.03. The lowest BCUT2D eigenvalue weighted by Gasteiger charge is -2.17. The first kappa shape index (κ1) is 13.5. The third kappa shape index (κ3) is 2.88. The Bertz CT molecular complexity index is 544. The second-order valence-corrected chi connectivity index (χ2v) is 5.19. The van der Waals surface area contributed by atoms with E-state index >= 15 is 0 Å². The highest BCUT2D eigenvalue weighted by molar-refractivity contribution is 9.09. The van der Waals surface area contributed by atoms with Gasteiger partial charge in [-0.1, -0.05) is 28.1 Å². The zero-order valence-electron chi connectivity index (χ0n) is 10.2. The molecule has 0 saturated heterocycles. The van der Waals surface area contributed by atoms with E-state index in [1.54, 1.807) is 0 Å². The highest BCUT2D eigenvalue weighted by atomic mass is 79.9. The number of aliphatic hydroxyl groups excluding tert-OH is 2. The van der Waals surface area contributed by atoms with Crippen LogP contribution in [0, 0.1) is 6.92 Å². The van der Waals surface area contributed by atoms with Gasteiger partial charge < -0.3 is 10.2 Å². The number of fused-ring (bicyclic) bond motifs is 1. The van der Waals surface area contributed by atoms with Crippen LogP contribution in [-0.2, 0) is 0 Å². The zero-order chi connectivity index (χ0) is 13.1. The summed E-state index contributed by atoms with van der Waals surface area (Å²) in [4.78, 5) is 4.41. The second kappa shape index (κ2) is 5.78. The minimum Gasteiger partial charge on any atom is -0.390 e. The van der Waals surface area contributed by atoms with Gasteiger partial charge in [-0.15, -0.1) is 0 Å². The van der Waals surface area contributed by atoms with Crippen molar-refractivity contribution < 1.29 is 10.2 Å². The van der Waals surface area contributed by atoms with Crippen LogP contribution in [0.2, 0.25) is 0 Å². The number of benzene rings is 1. The molecule has 0 aliphatic carbocycles. The molecule has 96 valence electrons. The van der Waals surface area contributed by atoms with Crippen LogP contribution < -0.4 is 0 Å². The monoisotopic (exact) mass is 309 g/mol. The third-order valence-electron chi connectivity index (χ3n) is 2.96. The molecule has 1 aromatic carbocycles. The van der Waals surface area contributed by atoms with Crippen LogP contribution in [0.5, 0.6) is 0 Å². The van der Waals surface area contributed by atoms with Crippen LogP contribution in [-0.4, -0.2) is 26.6 Å². The number of aryl methyl sites for hydroxylation is 1. The molecule has 2 atom stereocenters. The second-order valence-electron chi connectivity index (χ2n) is 4.39. The van der Waals surface area contributed by atoms with Crippen molar-refractivity contribution in [2.24, 2.45) is 0 Å². The van der Waals surface area contributed by atoms with Gasteiger partial charge >= 0.3 is 0 Å². The lowest BCUT2D eigenvalue weighted by atomic mass is 10.0. The number of pyridine rings is 1. The van der Waals surface area contributed by atoms with E-state index in [1.807, 2.05) is 37.3 Å². The van der Waals surface area contributed by atoms with E-state index in [0.29, 0.717) is 11.8 Å². The number of aliphatic hydroxyl groups is 2. The highest BCUT2D eigenvalue weighted by Gasteiger charge is 2.17. The number of nitrogens with zero attached hydrogens (tertiary/aromatic N) is 1. The van der Waals surface area contributed by atoms with E-state index in [4.69, 9.17) is 0 Å². The molecule has 18 heavy (non-hydrogen) atoms. The van der Waals surface area contributed by atoms with Gasteiger partial charge in [0.2, 0.25) is 0 Å². The smallest absolute Gasteiger partial charge is 0.105 e. The maximum atomic E-state index is 10.0. The predicted octanol–water partition coefficient (Wildman–Crippen LogP) is 2.72. The average molecular weight is 310 g/mol. The molecule has 4 heteroatoms. The lowest BCUT2D eigenvalue weighted by Crippen LogP contribution is -2.18. The maximum absolute atomic E-state index is 10.0. The van der Waals surface area contributed by atoms with Gasteiger partial charge in [-0.3, -0.25) is 4.98 Å². The molecule has 0 saturated carbocycles. The Hall–Kier alpha value is -0.970. The van der Waals surface area contributed by atoms with Gasteiger partial charge in [-0.2, -0.15) is 0 Å². The van der Waals surface area contributed by atoms with Crippen molar-refractivity contribution in [2.45, 2.75) is 25.6 Å². The molecule has 0 fully saturated rings. The fourth-order valence-electron chi connectivity index (χ4n) is 1.92. The summed E-state index contributed by atoms with van der Waals surface area (Å²) in [7, 11) is 0. The van der Waals surface area contributed by atoms with Gasteiger partial charge in [0.15, 0.2) is 0 Å². The molecule has 1 aromatic heterocycles. The Balaban J connectivity index is 2.32. The number of aromatic nitrogens is 1. The first-order chi connectivity index (χ1) is 8.61. The molecule has 0 aliphatic rings. The van der Waals surface area contributed by atoms with E-state index in [-0.39, 0.29) is 0 Å². The summed E-state index contributed by atoms with van der Waals surface area (Å²) in [5.74, 6) is 0. The maximum Gasteiger partial charge on any atom is 0.105 e. The first-order valence-electron chi connectivity index (χ1n) is 5.91. The molecule has 1 heterocycles. The van der Waals surface area contributed by atoms with Crippen molar-refractivity contribution in [1.29, 1.82) is 0 Å². The minimum absolute atomic E-state index is 0.519. The van der Waals surface area contributed by atoms with E-state index in [2.05, 4.69) is 20.9 Å². The van der Waals surface area contributed by atoms with Crippen molar-refractivity contribution in [1.82, 2.24) is 4.98 Å². The summed E-state index contributed by atoms with van der Waals surface area (Å²) < 4.78 is 0. The van der Waals surface area contributed by atoms with E-state index in [0.717, 1.165) is 22.2 Å². The van der Waals surface area contributed by atoms with Gasteiger partial charge in [0, 0.05) is 16.4 Å². The van der Waals surface area contributed by atoms with Gasteiger partial charge in [0.05, 0.1) is 11.6 Å². The fourth-order valence-corrected chi connectivity index (χ4v) is 2.39. The number of alkyl halides is 1. The van der Waals surface area contributed by atoms with Crippen LogP contribution in [0.3, 0.4) is 0 Å². The predicted molar refractivity (Wildman–Crippen MR) is 75.9 cm³/mol. The van der Waals surface area contributed by atoms with Crippen molar-refractivity contribution in [3.8, 4) is 0 Å². The molecule has 2 N–H and O–H groups in total. The number of halogens is 1. The Morgan fingerprint density at radius 2 is 2.00 bits per heavy atom. The molecule has 0 aliphatic heterocycles. The van der Waals surface area contributed by atoms with Crippen LogP contribution in [0.4, 0.5) is 0 Å². The Kier molecular flexibility index (Phi) is 4.32. The van der Waals surface area contributed by atoms with Crippen LogP contribution in [0.1, 0.15) is 23.8 Å². The van der Waals surface area contributed by atoms with E-state index < -0.39 is 12.2 Å². The number of hydrogen-bond donors (Lipinski definition) is 2. The molecule has 0 spiro atoms. The van der Waals surface area contributed by atoms with Gasteiger partial charge in [0.1, 0.15) is 6.10 Å². The van der Waals surface area contributed by atoms with Crippen molar-refractivity contribution in [3.63, 3.8) is 0 Å². The summed E-state index contributed by atoms with van der Waals surface area (Å²) in [6, 6.07) is 9.49. The molecule has 0 bridgehead atoms. The van der Waals surface area contributed by atoms with Crippen molar-refractivity contribution >= 4 is 26.8 Å². The fraction of sp³-hybridized carbons (Fsp3) is 0.357. The standard InChI is InChI=1S/C14H16BrNO2/c1-9-2-3-10-8-11(4-5-12(10)16-9)14(18)13(17)6-7-15/h2-5,8,13-14,17-18H,6-7H2,1H3. The third-order valence-corrected chi connectivity index (χ3v) is 3.42. The van der Waals surface area contributed by atoms with Crippen molar-refractivity contribution in [2.75, 3.05) is 5.33 Å². The summed E-state index contributed by atoms with van der Waals surface area (Å²) in [5, 5.41) is 21.5. The number of rotatable bonds is 4. The normalized spacial score (nSPS) is 14.7. The molecule has 2 aromatic rings. The Labute approximate surface area is 115 Å². The van der Waals surface area contributed by atoms with E-state index in [9.17, 15) is 10.2 Å². The summed E-state index contributed by atoms with van der Waals surface area (Å²) in [6.07, 6.45) is -1.08. The Morgan fingerprint density at radius 1 is 1.22 bits per heavy atom. The zero-order valence-corrected chi connectivity index (χ0v) is 11.8. The lowest BCUT2D eigenvalue weighted by molar-refractivity contribution is 0.0174. The van der Waals surface area contributed by atoms with E-state index in [1.165, 1.54) is 0 Å². The van der Waals surface area contributed by atoms with Crippen LogP contribution >= 0.6 is 15.9 Å². The molecule has 2 unspecified atom stereocenters. The van der Waals surface area contributed by atoms with Gasteiger partial charge in [-0.05, 0) is 37.1 Å². The quantitative estimate of drug-likeness (QED) is 0.854. The van der Waals surface area contributed by atoms with Crippen LogP contribution in [0.25, 0.3) is 10.9 Å². The minimum atomic E-state index is -0.853. The largest absolute Gasteiger partial charge is 0.390 e. The molecule has 0 radical (unpaired) electrons. The van der Waals surface area contributed by atoms with Crippen molar-refractivity contribution in [3.05, 3.63) is 41.6 Å². The summed E-state index contributed by atoms with van der Waals surface area (Å²) in [6.45, 7) is 1.95. The molecular weight excluding hydrogens is 294 g/mol. The highest BCUT2D eigenvalue weighted by Crippen LogP contribution is 2.23. The summed E-state index contributed by atoms with van der Waals surface area (Å²) >= 11 is 3.26. The molecular formula is C14H16BrNO2. The Morgan fingerprint density at radius 3 is 2.72 bits per heavy atom. The molecule has 0 amide bonds. The SMILES string of the molecule is Cc1ccc2cc(C(O)C(O)CCBr)ccc2n1. The summed E-state index contributed by atoms with van der Waals surface area (Å²) in [5.41, 5.74) is 2.60. The molecule has 2 rings (SSSR count). The van der Waals surface area contributed by atoms with Gasteiger partial charge in [0.25, 0.3) is 0 Å². The topological polar surface area (TPSA) is 53.4 Å².